The van der Waals surface area contributed by atoms with Gasteiger partial charge in [0.25, 0.3) is 0 Å². The number of rotatable bonds is 1. The summed E-state index contributed by atoms with van der Waals surface area (Å²) >= 11 is 0. The fourth-order valence-corrected chi connectivity index (χ4v) is 1.09. The average Bonchev–Trinajstić information content (AvgIpc) is 1.88. The van der Waals surface area contributed by atoms with Gasteiger partial charge in [-0.05, 0) is 19.8 Å². The van der Waals surface area contributed by atoms with Gasteiger partial charge in [-0.25, -0.2) is 0 Å². The third-order valence-corrected chi connectivity index (χ3v) is 1.64. The summed E-state index contributed by atoms with van der Waals surface area (Å²) in [5.74, 6) is 0. The zero-order valence-corrected chi connectivity index (χ0v) is 6.29. The van der Waals surface area contributed by atoms with Crippen LogP contribution in [0.25, 0.3) is 0 Å². The van der Waals surface area contributed by atoms with Gasteiger partial charge < -0.3 is 11.5 Å². The van der Waals surface area contributed by atoms with E-state index < -0.39 is 6.29 Å². The Balaban J connectivity index is 2.32. The van der Waals surface area contributed by atoms with Crippen LogP contribution in [-0.4, -0.2) is 24.0 Å². The smallest absolute Gasteiger partial charge is 0.132 e. The molecule has 0 aromatic rings. The molecule has 0 bridgehead atoms. The van der Waals surface area contributed by atoms with Crippen LogP contribution in [0, 0.1) is 0 Å². The van der Waals surface area contributed by atoms with Crippen LogP contribution in [0.3, 0.4) is 0 Å². The maximum absolute atomic E-state index is 5.41. The Labute approximate surface area is 61.1 Å². The van der Waals surface area contributed by atoms with E-state index in [9.17, 15) is 0 Å². The lowest BCUT2D eigenvalue weighted by Gasteiger charge is -2.32. The molecule has 4 nitrogen and oxygen atoms in total. The van der Waals surface area contributed by atoms with Gasteiger partial charge in [0.2, 0.25) is 0 Å². The third kappa shape index (κ3) is 1.91. The number of nitrogens with zero attached hydrogens (tertiary/aromatic N) is 1. The van der Waals surface area contributed by atoms with Gasteiger partial charge in [-0.3, -0.25) is 4.84 Å². The second kappa shape index (κ2) is 3.30. The molecule has 1 rings (SSSR count). The molecule has 1 atom stereocenters. The highest BCUT2D eigenvalue weighted by atomic mass is 16.7. The molecule has 4 heteroatoms. The fraction of sp³-hybridized carbons (Fsp3) is 1.00. The SMILES string of the molecule is CC1CCCN(C(N)N)O1. The number of nitrogens with two attached hydrogens (primary N) is 2. The molecule has 0 radical (unpaired) electrons. The summed E-state index contributed by atoms with van der Waals surface area (Å²) < 4.78 is 0. The predicted octanol–water partition coefficient (Wildman–Crippen LogP) is -0.397. The summed E-state index contributed by atoms with van der Waals surface area (Å²) in [6.07, 6.45) is 2.01. The highest BCUT2D eigenvalue weighted by Crippen LogP contribution is 2.12. The Kier molecular flexibility index (Phi) is 2.62. The minimum Gasteiger partial charge on any atom is -0.302 e. The largest absolute Gasteiger partial charge is 0.302 e. The molecule has 1 fully saturated rings. The van der Waals surface area contributed by atoms with Gasteiger partial charge in [0, 0.05) is 6.54 Å². The fourth-order valence-electron chi connectivity index (χ4n) is 1.09. The van der Waals surface area contributed by atoms with Gasteiger partial charge >= 0.3 is 0 Å². The molecule has 60 valence electrons. The molecule has 0 saturated carbocycles. The van der Waals surface area contributed by atoms with Crippen molar-refractivity contribution < 1.29 is 4.84 Å². The first kappa shape index (κ1) is 7.94. The monoisotopic (exact) mass is 145 g/mol. The van der Waals surface area contributed by atoms with Gasteiger partial charge in [-0.2, -0.15) is 5.06 Å². The summed E-state index contributed by atoms with van der Waals surface area (Å²) in [6, 6.07) is 0. The van der Waals surface area contributed by atoms with Crippen LogP contribution in [0.2, 0.25) is 0 Å². The molecule has 10 heavy (non-hydrogen) atoms. The zero-order chi connectivity index (χ0) is 7.56. The van der Waals surface area contributed by atoms with Crippen LogP contribution in [0.15, 0.2) is 0 Å². The maximum Gasteiger partial charge on any atom is 0.132 e. The predicted molar refractivity (Wildman–Crippen MR) is 38.6 cm³/mol. The van der Waals surface area contributed by atoms with Gasteiger partial charge in [-0.15, -0.1) is 0 Å². The highest BCUT2D eigenvalue weighted by molar-refractivity contribution is 4.60. The average molecular weight is 145 g/mol. The van der Waals surface area contributed by atoms with Crippen molar-refractivity contribution >= 4 is 0 Å². The lowest BCUT2D eigenvalue weighted by atomic mass is 10.2. The Morgan fingerprint density at radius 3 is 2.70 bits per heavy atom. The normalized spacial score (nSPS) is 29.4. The first-order valence-corrected chi connectivity index (χ1v) is 3.64. The second-order valence-electron chi connectivity index (χ2n) is 2.69. The summed E-state index contributed by atoms with van der Waals surface area (Å²) in [4.78, 5) is 5.33. The van der Waals surface area contributed by atoms with E-state index in [4.69, 9.17) is 16.3 Å². The molecule has 0 aromatic carbocycles. The van der Waals surface area contributed by atoms with Crippen molar-refractivity contribution in [2.24, 2.45) is 11.5 Å². The van der Waals surface area contributed by atoms with E-state index in [1.165, 1.54) is 0 Å². The van der Waals surface area contributed by atoms with E-state index in [2.05, 4.69) is 0 Å². The lowest BCUT2D eigenvalue weighted by Crippen LogP contribution is -2.51. The van der Waals surface area contributed by atoms with Gasteiger partial charge in [0.15, 0.2) is 0 Å². The molecule has 1 unspecified atom stereocenters. The van der Waals surface area contributed by atoms with Gasteiger partial charge in [0.05, 0.1) is 6.10 Å². The van der Waals surface area contributed by atoms with E-state index in [1.54, 1.807) is 5.06 Å². The molecule has 0 amide bonds. The number of hydrogen-bond donors (Lipinski definition) is 2. The Morgan fingerprint density at radius 2 is 2.30 bits per heavy atom. The maximum atomic E-state index is 5.41. The molecule has 0 aromatic heterocycles. The molecule has 4 N–H and O–H groups in total. The quantitative estimate of drug-likeness (QED) is 0.493. The van der Waals surface area contributed by atoms with E-state index in [0.29, 0.717) is 0 Å². The van der Waals surface area contributed by atoms with Crippen molar-refractivity contribution in [1.29, 1.82) is 0 Å². The van der Waals surface area contributed by atoms with Crippen LogP contribution in [0.1, 0.15) is 19.8 Å². The summed E-state index contributed by atoms with van der Waals surface area (Å²) in [7, 11) is 0. The highest BCUT2D eigenvalue weighted by Gasteiger charge is 2.19. The van der Waals surface area contributed by atoms with Crippen molar-refractivity contribution in [3.63, 3.8) is 0 Å². The molecule has 0 spiro atoms. The van der Waals surface area contributed by atoms with E-state index in [0.717, 1.165) is 19.4 Å². The Bertz CT molecular complexity index is 107. The van der Waals surface area contributed by atoms with Crippen molar-refractivity contribution in [2.45, 2.75) is 32.2 Å². The number of hydroxylamine groups is 2. The standard InChI is InChI=1S/C6H15N3O/c1-5-3-2-4-9(10-5)6(7)8/h5-6H,2-4,7-8H2,1H3. The van der Waals surface area contributed by atoms with Crippen LogP contribution < -0.4 is 11.5 Å². The molecule has 0 aliphatic carbocycles. The van der Waals surface area contributed by atoms with Crippen molar-refractivity contribution in [1.82, 2.24) is 5.06 Å². The van der Waals surface area contributed by atoms with E-state index >= 15 is 0 Å². The molecule has 1 saturated heterocycles. The third-order valence-electron chi connectivity index (χ3n) is 1.64. The van der Waals surface area contributed by atoms with Gasteiger partial charge in [0.1, 0.15) is 6.29 Å². The van der Waals surface area contributed by atoms with Crippen LogP contribution in [0.4, 0.5) is 0 Å². The molecular formula is C6H15N3O. The first-order chi connectivity index (χ1) is 4.70. The minimum atomic E-state index is -0.470. The van der Waals surface area contributed by atoms with Crippen LogP contribution in [-0.2, 0) is 4.84 Å². The molecule has 1 aliphatic heterocycles. The molecule has 1 heterocycles. The molecule has 1 aliphatic rings. The van der Waals surface area contributed by atoms with Crippen LogP contribution >= 0.6 is 0 Å². The summed E-state index contributed by atoms with van der Waals surface area (Å²) in [5, 5.41) is 1.63. The first-order valence-electron chi connectivity index (χ1n) is 3.64. The van der Waals surface area contributed by atoms with Crippen LogP contribution in [0.5, 0.6) is 0 Å². The van der Waals surface area contributed by atoms with Crippen molar-refractivity contribution in [3.05, 3.63) is 0 Å². The molecular weight excluding hydrogens is 130 g/mol. The summed E-state index contributed by atoms with van der Waals surface area (Å²) in [6.45, 7) is 2.87. The topological polar surface area (TPSA) is 64.5 Å². The minimum absolute atomic E-state index is 0.267. The second-order valence-corrected chi connectivity index (χ2v) is 2.69. The zero-order valence-electron chi connectivity index (χ0n) is 6.29. The number of hydrogen-bond acceptors (Lipinski definition) is 4. The van der Waals surface area contributed by atoms with Gasteiger partial charge in [-0.1, -0.05) is 0 Å². The van der Waals surface area contributed by atoms with E-state index in [-0.39, 0.29) is 6.10 Å². The van der Waals surface area contributed by atoms with E-state index in [1.807, 2.05) is 6.92 Å². The van der Waals surface area contributed by atoms with Crippen molar-refractivity contribution in [2.75, 3.05) is 6.54 Å². The Hall–Kier alpha value is -0.160. The summed E-state index contributed by atoms with van der Waals surface area (Å²) in [5.41, 5.74) is 10.8. The van der Waals surface area contributed by atoms with Crippen molar-refractivity contribution in [3.8, 4) is 0 Å². The lowest BCUT2D eigenvalue weighted by molar-refractivity contribution is -0.236. The Morgan fingerprint density at radius 1 is 1.60 bits per heavy atom.